The van der Waals surface area contributed by atoms with Gasteiger partial charge in [-0.15, -0.1) is 0 Å². The zero-order chi connectivity index (χ0) is 13.5. The maximum absolute atomic E-state index is 12.6. The molecule has 0 radical (unpaired) electrons. The number of rotatable bonds is 7. The minimum Gasteiger partial charge on any atom is -0.465 e. The van der Waals surface area contributed by atoms with E-state index in [0.717, 1.165) is 0 Å². The molecule has 0 unspecified atom stereocenters. The first-order chi connectivity index (χ1) is 7.97. The van der Waals surface area contributed by atoms with Crippen LogP contribution in [0.1, 0.15) is 34.1 Å². The highest BCUT2D eigenvalue weighted by atomic mass is 19.1. The molecule has 0 amide bonds. The molecule has 0 aliphatic carbocycles. The van der Waals surface area contributed by atoms with E-state index in [9.17, 15) is 14.0 Å². The first-order valence-electron chi connectivity index (χ1n) is 5.87. The van der Waals surface area contributed by atoms with Crippen molar-refractivity contribution in [2.45, 2.75) is 34.1 Å². The lowest BCUT2D eigenvalue weighted by Gasteiger charge is -2.31. The summed E-state index contributed by atoms with van der Waals surface area (Å²) in [5.74, 6) is -1.78. The fourth-order valence-corrected chi connectivity index (χ4v) is 1.72. The summed E-state index contributed by atoms with van der Waals surface area (Å²) < 4.78 is 22.4. The number of carbonyl (C=O) groups excluding carboxylic acids is 2. The van der Waals surface area contributed by atoms with Crippen LogP contribution in [-0.4, -0.2) is 31.8 Å². The molecule has 0 saturated carbocycles. The predicted molar refractivity (Wildman–Crippen MR) is 61.1 cm³/mol. The predicted octanol–water partition coefficient (Wildman–Crippen LogP) is 2.11. The maximum Gasteiger partial charge on any atom is 0.323 e. The van der Waals surface area contributed by atoms with Crippen LogP contribution in [0.4, 0.5) is 4.39 Å². The molecule has 0 aliphatic heterocycles. The first-order valence-corrected chi connectivity index (χ1v) is 5.87. The van der Waals surface area contributed by atoms with Gasteiger partial charge < -0.3 is 9.47 Å². The van der Waals surface area contributed by atoms with Crippen LogP contribution in [0.15, 0.2) is 0 Å². The van der Waals surface area contributed by atoms with Gasteiger partial charge in [-0.25, -0.2) is 0 Å². The molecule has 100 valence electrons. The monoisotopic (exact) mass is 248 g/mol. The van der Waals surface area contributed by atoms with Crippen molar-refractivity contribution in [3.05, 3.63) is 0 Å². The van der Waals surface area contributed by atoms with E-state index in [4.69, 9.17) is 9.47 Å². The number of halogens is 1. The lowest BCUT2D eigenvalue weighted by atomic mass is 9.74. The van der Waals surface area contributed by atoms with Gasteiger partial charge in [-0.3, -0.25) is 14.0 Å². The van der Waals surface area contributed by atoms with Crippen molar-refractivity contribution in [2.75, 3.05) is 19.9 Å². The second-order valence-corrected chi connectivity index (χ2v) is 4.01. The van der Waals surface area contributed by atoms with E-state index in [1.807, 2.05) is 0 Å². The van der Waals surface area contributed by atoms with Crippen molar-refractivity contribution in [1.82, 2.24) is 0 Å². The van der Waals surface area contributed by atoms with Crippen LogP contribution in [0.3, 0.4) is 0 Å². The Kier molecular flexibility index (Phi) is 6.76. The van der Waals surface area contributed by atoms with E-state index >= 15 is 0 Å². The van der Waals surface area contributed by atoms with Crippen molar-refractivity contribution in [1.29, 1.82) is 0 Å². The molecule has 4 nitrogen and oxygen atoms in total. The summed E-state index contributed by atoms with van der Waals surface area (Å²) in [5, 5.41) is 0. The first kappa shape index (κ1) is 15.9. The topological polar surface area (TPSA) is 52.6 Å². The third-order valence-corrected chi connectivity index (χ3v) is 2.75. The Bertz CT molecular complexity index is 245. The smallest absolute Gasteiger partial charge is 0.323 e. The highest BCUT2D eigenvalue weighted by molar-refractivity contribution is 6.00. The van der Waals surface area contributed by atoms with Crippen LogP contribution in [0.5, 0.6) is 0 Å². The van der Waals surface area contributed by atoms with Gasteiger partial charge in [0.2, 0.25) is 0 Å². The summed E-state index contributed by atoms with van der Waals surface area (Å²) >= 11 is 0. The van der Waals surface area contributed by atoms with Crippen LogP contribution in [-0.2, 0) is 19.1 Å². The molecule has 0 aromatic carbocycles. The molecule has 0 atom stereocenters. The lowest BCUT2D eigenvalue weighted by Crippen LogP contribution is -2.46. The maximum atomic E-state index is 12.6. The minimum atomic E-state index is -1.53. The lowest BCUT2D eigenvalue weighted by molar-refractivity contribution is -0.177. The summed E-state index contributed by atoms with van der Waals surface area (Å²) in [4.78, 5) is 23.8. The van der Waals surface area contributed by atoms with Crippen molar-refractivity contribution < 1.29 is 23.5 Å². The molecule has 0 N–H and O–H groups in total. The Balaban J connectivity index is 5.25. The molecule has 0 spiro atoms. The van der Waals surface area contributed by atoms with Crippen molar-refractivity contribution in [2.24, 2.45) is 11.3 Å². The van der Waals surface area contributed by atoms with Crippen LogP contribution < -0.4 is 0 Å². The Hall–Kier alpha value is -1.13. The third-order valence-electron chi connectivity index (χ3n) is 2.75. The Labute approximate surface area is 101 Å². The van der Waals surface area contributed by atoms with Crippen molar-refractivity contribution in [3.63, 3.8) is 0 Å². The van der Waals surface area contributed by atoms with Gasteiger partial charge in [0.25, 0.3) is 0 Å². The average Bonchev–Trinajstić information content (AvgIpc) is 2.25. The fourth-order valence-electron chi connectivity index (χ4n) is 1.72. The van der Waals surface area contributed by atoms with E-state index in [0.29, 0.717) is 0 Å². The van der Waals surface area contributed by atoms with Gasteiger partial charge in [0.05, 0.1) is 19.9 Å². The molecular weight excluding hydrogens is 227 g/mol. The van der Waals surface area contributed by atoms with E-state index in [2.05, 4.69) is 0 Å². The zero-order valence-electron chi connectivity index (χ0n) is 10.9. The Morgan fingerprint density at radius 2 is 1.53 bits per heavy atom. The number of alkyl halides is 1. The molecule has 0 saturated heterocycles. The molecule has 0 aromatic heterocycles. The summed E-state index contributed by atoms with van der Waals surface area (Å²) in [6.45, 7) is 6.19. The van der Waals surface area contributed by atoms with Gasteiger partial charge in [0.1, 0.15) is 0 Å². The standard InChI is InChI=1S/C12H21FO4/c1-5-16-10(14)12(7-8-13,9(3)4)11(15)17-6-2/h9H,5-8H2,1-4H3. The summed E-state index contributed by atoms with van der Waals surface area (Å²) in [7, 11) is 0. The molecule has 17 heavy (non-hydrogen) atoms. The average molecular weight is 248 g/mol. The number of hydrogen-bond donors (Lipinski definition) is 0. The van der Waals surface area contributed by atoms with Crippen molar-refractivity contribution in [3.8, 4) is 0 Å². The number of carbonyl (C=O) groups is 2. The highest BCUT2D eigenvalue weighted by Crippen LogP contribution is 2.35. The Morgan fingerprint density at radius 1 is 1.12 bits per heavy atom. The molecular formula is C12H21FO4. The molecule has 0 heterocycles. The second-order valence-electron chi connectivity index (χ2n) is 4.01. The van der Waals surface area contributed by atoms with Gasteiger partial charge in [-0.2, -0.15) is 0 Å². The second kappa shape index (κ2) is 7.25. The summed E-state index contributed by atoms with van der Waals surface area (Å²) in [6, 6.07) is 0. The highest BCUT2D eigenvalue weighted by Gasteiger charge is 2.51. The largest absolute Gasteiger partial charge is 0.465 e. The molecule has 0 fully saturated rings. The number of hydrogen-bond acceptors (Lipinski definition) is 4. The van der Waals surface area contributed by atoms with Gasteiger partial charge in [-0.05, 0) is 19.8 Å². The summed E-state index contributed by atoms with van der Waals surface area (Å²) in [6.07, 6.45) is -0.206. The van der Waals surface area contributed by atoms with Crippen LogP contribution in [0, 0.1) is 11.3 Å². The fraction of sp³-hybridized carbons (Fsp3) is 0.833. The normalized spacial score (nSPS) is 11.4. The number of esters is 2. The van der Waals surface area contributed by atoms with Gasteiger partial charge >= 0.3 is 11.9 Å². The quantitative estimate of drug-likeness (QED) is 0.511. The summed E-state index contributed by atoms with van der Waals surface area (Å²) in [5.41, 5.74) is -1.53. The van der Waals surface area contributed by atoms with Crippen LogP contribution in [0.2, 0.25) is 0 Å². The molecule has 0 rings (SSSR count). The molecule has 0 bridgehead atoms. The van der Waals surface area contributed by atoms with E-state index < -0.39 is 24.0 Å². The molecule has 0 aromatic rings. The zero-order valence-corrected chi connectivity index (χ0v) is 10.9. The SMILES string of the molecule is CCOC(=O)C(CCF)(C(=O)OCC)C(C)C. The van der Waals surface area contributed by atoms with Crippen LogP contribution in [0.25, 0.3) is 0 Å². The van der Waals surface area contributed by atoms with Gasteiger partial charge in [-0.1, -0.05) is 13.8 Å². The van der Waals surface area contributed by atoms with E-state index in [1.54, 1.807) is 27.7 Å². The number of ether oxygens (including phenoxy) is 2. The minimum absolute atomic E-state index is 0.152. The van der Waals surface area contributed by atoms with E-state index in [-0.39, 0.29) is 25.6 Å². The third kappa shape index (κ3) is 3.41. The Morgan fingerprint density at radius 3 is 1.76 bits per heavy atom. The van der Waals surface area contributed by atoms with Gasteiger partial charge in [0, 0.05) is 6.42 Å². The molecule has 5 heteroatoms. The van der Waals surface area contributed by atoms with Crippen molar-refractivity contribution >= 4 is 11.9 Å². The van der Waals surface area contributed by atoms with E-state index in [1.165, 1.54) is 0 Å². The van der Waals surface area contributed by atoms with Crippen LogP contribution >= 0.6 is 0 Å². The molecule has 0 aliphatic rings. The van der Waals surface area contributed by atoms with Gasteiger partial charge in [0.15, 0.2) is 5.41 Å².